The molecule has 7 heteroatoms. The smallest absolute Gasteiger partial charge is 0.309 e. The normalized spacial score (nSPS) is 24.1. The Kier molecular flexibility index (Phi) is 6.56. The molecule has 2 aliphatic carbocycles. The molecule has 6 nitrogen and oxygen atoms in total. The molecule has 1 amide bonds. The maximum Gasteiger partial charge on any atom is 0.309 e. The fraction of sp³-hybridized carbons (Fsp3) is 0.636. The number of esters is 1. The SMILES string of the molecule is CC(C)(C)C(=O)NCc1ccc(C(=O)COC(=O)C2C[C@H]3CCC[C@H](C2)C3=O)s1. The summed E-state index contributed by atoms with van der Waals surface area (Å²) in [5, 5.41) is 2.85. The summed E-state index contributed by atoms with van der Waals surface area (Å²) in [5.41, 5.74) is -0.466. The summed E-state index contributed by atoms with van der Waals surface area (Å²) < 4.78 is 5.29. The van der Waals surface area contributed by atoms with Gasteiger partial charge in [0.2, 0.25) is 11.7 Å². The van der Waals surface area contributed by atoms with Crippen LogP contribution in [-0.2, 0) is 25.7 Å². The van der Waals surface area contributed by atoms with Gasteiger partial charge >= 0.3 is 5.97 Å². The molecule has 0 saturated heterocycles. The first-order chi connectivity index (χ1) is 13.6. The number of rotatable bonds is 6. The van der Waals surface area contributed by atoms with E-state index in [1.54, 1.807) is 12.1 Å². The van der Waals surface area contributed by atoms with Crippen molar-refractivity contribution in [2.24, 2.45) is 23.2 Å². The zero-order valence-corrected chi connectivity index (χ0v) is 18.1. The predicted octanol–water partition coefficient (Wildman–Crippen LogP) is 3.53. The van der Waals surface area contributed by atoms with Crippen LogP contribution in [0.1, 0.15) is 67.4 Å². The lowest BCUT2D eigenvalue weighted by Gasteiger charge is -2.36. The second-order valence-electron chi connectivity index (χ2n) is 9.12. The predicted molar refractivity (Wildman–Crippen MR) is 109 cm³/mol. The number of hydrogen-bond donors (Lipinski definition) is 1. The average Bonchev–Trinajstić information content (AvgIpc) is 3.12. The highest BCUT2D eigenvalue weighted by molar-refractivity contribution is 7.14. The molecule has 2 aliphatic rings. The van der Waals surface area contributed by atoms with Gasteiger partial charge in [-0.05, 0) is 37.8 Å². The van der Waals surface area contributed by atoms with Gasteiger partial charge in [-0.3, -0.25) is 19.2 Å². The Morgan fingerprint density at radius 2 is 1.79 bits per heavy atom. The second-order valence-corrected chi connectivity index (χ2v) is 10.3. The molecule has 1 aromatic heterocycles. The third kappa shape index (κ3) is 5.32. The molecular weight excluding hydrogens is 390 g/mol. The van der Waals surface area contributed by atoms with E-state index in [4.69, 9.17) is 4.74 Å². The number of ketones is 2. The lowest BCUT2D eigenvalue weighted by atomic mass is 9.67. The van der Waals surface area contributed by atoms with Crippen LogP contribution in [-0.4, -0.2) is 30.0 Å². The Bertz CT molecular complexity index is 790. The highest BCUT2D eigenvalue weighted by Crippen LogP contribution is 2.40. The quantitative estimate of drug-likeness (QED) is 0.563. The summed E-state index contributed by atoms with van der Waals surface area (Å²) >= 11 is 1.29. The van der Waals surface area contributed by atoms with Crippen LogP contribution in [0.2, 0.25) is 0 Å². The minimum absolute atomic E-state index is 0.0149. The van der Waals surface area contributed by atoms with E-state index in [9.17, 15) is 19.2 Å². The summed E-state index contributed by atoms with van der Waals surface area (Å²) in [5.74, 6) is -0.662. The van der Waals surface area contributed by atoms with Gasteiger partial charge in [0.05, 0.1) is 17.3 Å². The summed E-state index contributed by atoms with van der Waals surface area (Å²) in [6.45, 7) is 5.61. The second kappa shape index (κ2) is 8.78. The van der Waals surface area contributed by atoms with Crippen molar-refractivity contribution in [3.8, 4) is 0 Å². The molecule has 3 rings (SSSR count). The first kappa shape index (κ1) is 21.7. The van der Waals surface area contributed by atoms with Gasteiger partial charge in [0.25, 0.3) is 0 Å². The standard InChI is InChI=1S/C22H29NO5S/c1-22(2,3)21(27)23-11-16-7-8-18(29-16)17(24)12-28-20(26)15-9-13-5-4-6-14(10-15)19(13)25/h7-8,13-15H,4-6,9-12H2,1-3H3,(H,23,27)/t13-,14-/m1/s1. The molecule has 2 atom stereocenters. The van der Waals surface area contributed by atoms with Gasteiger partial charge in [0, 0.05) is 22.1 Å². The average molecular weight is 420 g/mol. The van der Waals surface area contributed by atoms with Crippen molar-refractivity contribution in [1.29, 1.82) is 0 Å². The lowest BCUT2D eigenvalue weighted by Crippen LogP contribution is -2.39. The van der Waals surface area contributed by atoms with E-state index in [1.807, 2.05) is 20.8 Å². The van der Waals surface area contributed by atoms with Gasteiger partial charge in [0.15, 0.2) is 6.61 Å². The summed E-state index contributed by atoms with van der Waals surface area (Å²) in [6.07, 6.45) is 3.89. The van der Waals surface area contributed by atoms with E-state index in [0.29, 0.717) is 30.0 Å². The van der Waals surface area contributed by atoms with Gasteiger partial charge in [-0.1, -0.05) is 27.2 Å². The Balaban J connectivity index is 1.47. The van der Waals surface area contributed by atoms with E-state index >= 15 is 0 Å². The van der Waals surface area contributed by atoms with Crippen molar-refractivity contribution in [2.75, 3.05) is 6.61 Å². The number of fused-ring (bicyclic) bond motifs is 2. The molecule has 0 aromatic carbocycles. The Morgan fingerprint density at radius 3 is 2.41 bits per heavy atom. The van der Waals surface area contributed by atoms with Gasteiger partial charge in [-0.2, -0.15) is 0 Å². The summed E-state index contributed by atoms with van der Waals surface area (Å²) in [6, 6.07) is 3.50. The molecule has 29 heavy (non-hydrogen) atoms. The van der Waals surface area contributed by atoms with Crippen molar-refractivity contribution < 1.29 is 23.9 Å². The molecule has 1 heterocycles. The fourth-order valence-corrected chi connectivity index (χ4v) is 4.92. The fourth-order valence-electron chi connectivity index (χ4n) is 4.05. The number of hydrogen-bond acceptors (Lipinski definition) is 6. The molecule has 158 valence electrons. The largest absolute Gasteiger partial charge is 0.457 e. The van der Waals surface area contributed by atoms with Crippen LogP contribution in [0.5, 0.6) is 0 Å². The van der Waals surface area contributed by atoms with Gasteiger partial charge in [-0.25, -0.2) is 0 Å². The molecule has 2 fully saturated rings. The number of thiophene rings is 1. The van der Waals surface area contributed by atoms with Crippen LogP contribution >= 0.6 is 11.3 Å². The van der Waals surface area contributed by atoms with E-state index < -0.39 is 5.41 Å². The molecule has 2 saturated carbocycles. The number of nitrogens with one attached hydrogen (secondary N) is 1. The van der Waals surface area contributed by atoms with E-state index in [-0.39, 0.29) is 42.0 Å². The zero-order chi connectivity index (χ0) is 21.2. The van der Waals surface area contributed by atoms with Crippen molar-refractivity contribution in [3.05, 3.63) is 21.9 Å². The molecule has 0 radical (unpaired) electrons. The molecule has 0 aliphatic heterocycles. The summed E-state index contributed by atoms with van der Waals surface area (Å²) in [7, 11) is 0. The minimum Gasteiger partial charge on any atom is -0.457 e. The maximum atomic E-state index is 12.4. The van der Waals surface area contributed by atoms with Gasteiger partial charge < -0.3 is 10.1 Å². The molecule has 0 spiro atoms. The number of carbonyl (C=O) groups is 4. The third-order valence-corrected chi connectivity index (χ3v) is 6.89. The third-order valence-electron chi connectivity index (χ3n) is 5.77. The molecule has 0 unspecified atom stereocenters. The Morgan fingerprint density at radius 1 is 1.14 bits per heavy atom. The minimum atomic E-state index is -0.466. The molecule has 1 N–H and O–H groups in total. The topological polar surface area (TPSA) is 89.5 Å². The van der Waals surface area contributed by atoms with E-state index in [2.05, 4.69) is 5.32 Å². The molecular formula is C22H29NO5S. The Labute approximate surface area is 175 Å². The van der Waals surface area contributed by atoms with Crippen molar-refractivity contribution in [1.82, 2.24) is 5.32 Å². The van der Waals surface area contributed by atoms with E-state index in [1.165, 1.54) is 11.3 Å². The highest BCUT2D eigenvalue weighted by atomic mass is 32.1. The maximum absolute atomic E-state index is 12.4. The van der Waals surface area contributed by atoms with Crippen LogP contribution in [0, 0.1) is 23.2 Å². The van der Waals surface area contributed by atoms with Gasteiger partial charge in [0.1, 0.15) is 5.78 Å². The summed E-state index contributed by atoms with van der Waals surface area (Å²) in [4.78, 5) is 50.3. The van der Waals surface area contributed by atoms with Crippen molar-refractivity contribution in [2.45, 2.75) is 59.4 Å². The first-order valence-corrected chi connectivity index (χ1v) is 11.1. The van der Waals surface area contributed by atoms with Crippen LogP contribution < -0.4 is 5.32 Å². The number of ether oxygens (including phenoxy) is 1. The number of Topliss-reactive ketones (excluding diaryl/α,β-unsaturated/α-hetero) is 2. The highest BCUT2D eigenvalue weighted by Gasteiger charge is 2.41. The number of carbonyl (C=O) groups excluding carboxylic acids is 4. The van der Waals surface area contributed by atoms with Crippen LogP contribution in [0.3, 0.4) is 0 Å². The van der Waals surface area contributed by atoms with Crippen LogP contribution in [0.15, 0.2) is 12.1 Å². The van der Waals surface area contributed by atoms with Crippen LogP contribution in [0.25, 0.3) is 0 Å². The molecule has 2 bridgehead atoms. The lowest BCUT2D eigenvalue weighted by molar-refractivity contribution is -0.152. The monoisotopic (exact) mass is 419 g/mol. The first-order valence-electron chi connectivity index (χ1n) is 10.3. The van der Waals surface area contributed by atoms with Gasteiger partial charge in [-0.15, -0.1) is 11.3 Å². The number of amides is 1. The Hall–Kier alpha value is -2.02. The van der Waals surface area contributed by atoms with Crippen molar-refractivity contribution >= 4 is 34.8 Å². The van der Waals surface area contributed by atoms with E-state index in [0.717, 1.165) is 24.1 Å². The zero-order valence-electron chi connectivity index (χ0n) is 17.3. The van der Waals surface area contributed by atoms with Crippen LogP contribution in [0.4, 0.5) is 0 Å². The van der Waals surface area contributed by atoms with Crippen molar-refractivity contribution in [3.63, 3.8) is 0 Å². The molecule has 1 aromatic rings.